The molecule has 0 N–H and O–H groups in total. The van der Waals surface area contributed by atoms with Crippen LogP contribution in [0.2, 0.25) is 0 Å². The zero-order chi connectivity index (χ0) is 16.5. The Morgan fingerprint density at radius 1 is 1.04 bits per heavy atom. The Balaban J connectivity index is 1.43. The number of hydrogen-bond acceptors (Lipinski definition) is 4. The quantitative estimate of drug-likeness (QED) is 0.722. The fourth-order valence-electron chi connectivity index (χ4n) is 3.24. The van der Waals surface area contributed by atoms with Crippen molar-refractivity contribution in [2.75, 3.05) is 31.1 Å². The van der Waals surface area contributed by atoms with Crippen molar-refractivity contribution in [1.29, 1.82) is 0 Å². The van der Waals surface area contributed by atoms with E-state index >= 15 is 0 Å². The molecule has 1 aliphatic heterocycles. The van der Waals surface area contributed by atoms with Crippen LogP contribution in [0.25, 0.3) is 10.2 Å². The monoisotopic (exact) mass is 338 g/mol. The zero-order valence-electron chi connectivity index (χ0n) is 13.7. The maximum Gasteiger partial charge on any atom is 0.228 e. The SMILES string of the molecule is Cc1ccc(CN2CCN(c3ccc4scnc4c3[O])CC2)cc1. The standard InChI is InChI=1S/C19H20N3OS/c1-14-2-4-15(5-3-14)12-21-8-10-22(11-9-21)16-6-7-17-18(19(16)23)20-13-24-17/h2-7,13H,8-12H2,1H3. The van der Waals surface area contributed by atoms with Crippen molar-refractivity contribution in [3.63, 3.8) is 0 Å². The Kier molecular flexibility index (Phi) is 4.12. The molecule has 3 aromatic rings. The lowest BCUT2D eigenvalue weighted by Crippen LogP contribution is -2.45. The van der Waals surface area contributed by atoms with Crippen molar-refractivity contribution < 1.29 is 5.11 Å². The van der Waals surface area contributed by atoms with Gasteiger partial charge in [0.25, 0.3) is 0 Å². The first-order valence-electron chi connectivity index (χ1n) is 8.27. The average Bonchev–Trinajstić information content (AvgIpc) is 3.08. The van der Waals surface area contributed by atoms with Gasteiger partial charge in [0.05, 0.1) is 15.9 Å². The highest BCUT2D eigenvalue weighted by Gasteiger charge is 2.21. The summed E-state index contributed by atoms with van der Waals surface area (Å²) in [7, 11) is 0. The van der Waals surface area contributed by atoms with E-state index in [0.29, 0.717) is 5.52 Å². The molecule has 1 aromatic heterocycles. The van der Waals surface area contributed by atoms with E-state index in [4.69, 9.17) is 0 Å². The molecule has 1 aliphatic rings. The van der Waals surface area contributed by atoms with Crippen LogP contribution in [0.15, 0.2) is 41.9 Å². The van der Waals surface area contributed by atoms with Gasteiger partial charge in [0.2, 0.25) is 5.75 Å². The topological polar surface area (TPSA) is 39.3 Å². The first kappa shape index (κ1) is 15.4. The number of nitrogens with zero attached hydrogens (tertiary/aromatic N) is 3. The highest BCUT2D eigenvalue weighted by Crippen LogP contribution is 2.36. The van der Waals surface area contributed by atoms with Gasteiger partial charge in [-0.05, 0) is 24.6 Å². The van der Waals surface area contributed by atoms with Crippen LogP contribution in [-0.4, -0.2) is 36.1 Å². The van der Waals surface area contributed by atoms with Crippen molar-refractivity contribution in [2.45, 2.75) is 13.5 Å². The minimum atomic E-state index is 0.0701. The van der Waals surface area contributed by atoms with Gasteiger partial charge in [-0.2, -0.15) is 0 Å². The number of thiazole rings is 1. The van der Waals surface area contributed by atoms with E-state index in [0.717, 1.165) is 43.1 Å². The molecule has 5 heteroatoms. The van der Waals surface area contributed by atoms with Crippen molar-refractivity contribution in [3.8, 4) is 5.75 Å². The second-order valence-corrected chi connectivity index (χ2v) is 7.25. The molecule has 1 fully saturated rings. The summed E-state index contributed by atoms with van der Waals surface area (Å²) in [5.41, 5.74) is 5.80. The lowest BCUT2D eigenvalue weighted by Gasteiger charge is -2.36. The minimum Gasteiger partial charge on any atom is -0.366 e. The molecule has 0 saturated carbocycles. The smallest absolute Gasteiger partial charge is 0.228 e. The number of anilines is 1. The Hall–Kier alpha value is -2.11. The summed E-state index contributed by atoms with van der Waals surface area (Å²) in [5.74, 6) is 0.0701. The van der Waals surface area contributed by atoms with E-state index < -0.39 is 0 Å². The van der Waals surface area contributed by atoms with Gasteiger partial charge in [0.1, 0.15) is 5.52 Å². The van der Waals surface area contributed by atoms with Gasteiger partial charge in [-0.15, -0.1) is 11.3 Å². The number of aryl methyl sites for hydroxylation is 1. The molecule has 1 saturated heterocycles. The molecule has 4 rings (SSSR count). The van der Waals surface area contributed by atoms with Crippen LogP contribution < -0.4 is 4.90 Å². The van der Waals surface area contributed by atoms with E-state index in [1.165, 1.54) is 22.5 Å². The molecule has 123 valence electrons. The molecule has 4 nitrogen and oxygen atoms in total. The van der Waals surface area contributed by atoms with Gasteiger partial charge in [-0.3, -0.25) is 10.0 Å². The molecule has 0 aliphatic carbocycles. The summed E-state index contributed by atoms with van der Waals surface area (Å²) in [4.78, 5) is 8.87. The summed E-state index contributed by atoms with van der Waals surface area (Å²) in [6.07, 6.45) is 0. The van der Waals surface area contributed by atoms with Crippen LogP contribution in [0, 0.1) is 6.92 Å². The number of benzene rings is 2. The Morgan fingerprint density at radius 2 is 1.79 bits per heavy atom. The fourth-order valence-corrected chi connectivity index (χ4v) is 3.92. The molecular weight excluding hydrogens is 318 g/mol. The molecule has 2 heterocycles. The molecule has 0 amide bonds. The summed E-state index contributed by atoms with van der Waals surface area (Å²) < 4.78 is 0.974. The van der Waals surface area contributed by atoms with Crippen LogP contribution in [0.4, 0.5) is 5.69 Å². The molecule has 24 heavy (non-hydrogen) atoms. The molecule has 0 bridgehead atoms. The van der Waals surface area contributed by atoms with E-state index in [1.807, 2.05) is 12.1 Å². The molecular formula is C19H20N3OS. The van der Waals surface area contributed by atoms with Crippen molar-refractivity contribution >= 4 is 27.2 Å². The number of fused-ring (bicyclic) bond motifs is 1. The number of rotatable bonds is 3. The summed E-state index contributed by atoms with van der Waals surface area (Å²) >= 11 is 1.52. The van der Waals surface area contributed by atoms with Crippen molar-refractivity contribution in [2.24, 2.45) is 0 Å². The van der Waals surface area contributed by atoms with Crippen LogP contribution in [0.3, 0.4) is 0 Å². The van der Waals surface area contributed by atoms with Crippen molar-refractivity contribution in [3.05, 3.63) is 53.0 Å². The third-order valence-corrected chi connectivity index (χ3v) is 5.47. The highest BCUT2D eigenvalue weighted by atomic mass is 32.1. The third kappa shape index (κ3) is 2.97. The first-order chi connectivity index (χ1) is 11.7. The van der Waals surface area contributed by atoms with Crippen LogP contribution in [0.5, 0.6) is 5.75 Å². The van der Waals surface area contributed by atoms with Crippen LogP contribution >= 0.6 is 11.3 Å². The minimum absolute atomic E-state index is 0.0701. The van der Waals surface area contributed by atoms with Gasteiger partial charge in [0.15, 0.2) is 0 Å². The summed E-state index contributed by atoms with van der Waals surface area (Å²) in [5, 5.41) is 12.6. The van der Waals surface area contributed by atoms with Crippen LogP contribution in [0.1, 0.15) is 11.1 Å². The molecule has 0 unspecified atom stereocenters. The van der Waals surface area contributed by atoms with Gasteiger partial charge in [0, 0.05) is 32.7 Å². The lowest BCUT2D eigenvalue weighted by atomic mass is 10.1. The predicted molar refractivity (Wildman–Crippen MR) is 98.4 cm³/mol. The number of hydrogen-bond donors (Lipinski definition) is 0. The Labute approximate surface area is 146 Å². The van der Waals surface area contributed by atoms with Crippen molar-refractivity contribution in [1.82, 2.24) is 9.88 Å². The summed E-state index contributed by atoms with van der Waals surface area (Å²) in [6.45, 7) is 6.81. The van der Waals surface area contributed by atoms with E-state index in [2.05, 4.69) is 46.0 Å². The maximum absolute atomic E-state index is 12.6. The largest absolute Gasteiger partial charge is 0.366 e. The molecule has 0 spiro atoms. The zero-order valence-corrected chi connectivity index (χ0v) is 14.6. The van der Waals surface area contributed by atoms with Crippen LogP contribution in [-0.2, 0) is 11.7 Å². The second kappa shape index (κ2) is 6.42. The van der Waals surface area contributed by atoms with Gasteiger partial charge < -0.3 is 4.90 Å². The lowest BCUT2D eigenvalue weighted by molar-refractivity contribution is 0.248. The van der Waals surface area contributed by atoms with E-state index in [1.54, 1.807) is 5.51 Å². The average molecular weight is 338 g/mol. The molecule has 1 radical (unpaired) electrons. The predicted octanol–water partition coefficient (Wildman–Crippen LogP) is 4.07. The third-order valence-electron chi connectivity index (χ3n) is 4.67. The highest BCUT2D eigenvalue weighted by molar-refractivity contribution is 7.16. The molecule has 0 atom stereocenters. The van der Waals surface area contributed by atoms with E-state index in [9.17, 15) is 5.11 Å². The maximum atomic E-state index is 12.6. The number of piperazine rings is 1. The number of aromatic nitrogens is 1. The van der Waals surface area contributed by atoms with Gasteiger partial charge in [-0.25, -0.2) is 4.98 Å². The Bertz CT molecular complexity index is 835. The van der Waals surface area contributed by atoms with Gasteiger partial charge >= 0.3 is 0 Å². The van der Waals surface area contributed by atoms with Gasteiger partial charge in [-0.1, -0.05) is 29.8 Å². The first-order valence-corrected chi connectivity index (χ1v) is 9.15. The fraction of sp³-hybridized carbons (Fsp3) is 0.316. The second-order valence-electron chi connectivity index (χ2n) is 6.36. The Morgan fingerprint density at radius 3 is 2.54 bits per heavy atom. The summed E-state index contributed by atoms with van der Waals surface area (Å²) in [6, 6.07) is 12.7. The van der Waals surface area contributed by atoms with E-state index in [-0.39, 0.29) is 5.75 Å². The normalized spacial score (nSPS) is 16.0. The molecule has 2 aromatic carbocycles.